The zero-order valence-electron chi connectivity index (χ0n) is 9.52. The SMILES string of the molecule is C[C@@H](NC(=O)CCCCO)c1ccncc1. The average Bonchev–Trinajstić information content (AvgIpc) is 2.30. The van der Waals surface area contributed by atoms with Gasteiger partial charge in [0.1, 0.15) is 0 Å². The molecular formula is C12H18N2O2. The van der Waals surface area contributed by atoms with Gasteiger partial charge in [0.15, 0.2) is 0 Å². The van der Waals surface area contributed by atoms with Gasteiger partial charge in [-0.3, -0.25) is 9.78 Å². The summed E-state index contributed by atoms with van der Waals surface area (Å²) in [6.07, 6.45) is 5.30. The lowest BCUT2D eigenvalue weighted by molar-refractivity contribution is -0.121. The Bertz CT molecular complexity index is 314. The van der Waals surface area contributed by atoms with Gasteiger partial charge in [0.25, 0.3) is 0 Å². The lowest BCUT2D eigenvalue weighted by Gasteiger charge is -2.13. The number of rotatable bonds is 6. The van der Waals surface area contributed by atoms with Crippen molar-refractivity contribution in [1.82, 2.24) is 10.3 Å². The fraction of sp³-hybridized carbons (Fsp3) is 0.500. The fourth-order valence-electron chi connectivity index (χ4n) is 1.45. The van der Waals surface area contributed by atoms with Gasteiger partial charge in [-0.05, 0) is 37.5 Å². The van der Waals surface area contributed by atoms with Crippen molar-refractivity contribution in [2.45, 2.75) is 32.2 Å². The van der Waals surface area contributed by atoms with Crippen molar-refractivity contribution in [3.8, 4) is 0 Å². The third-order valence-corrected chi connectivity index (χ3v) is 2.40. The van der Waals surface area contributed by atoms with Crippen LogP contribution in [0.15, 0.2) is 24.5 Å². The second-order valence-corrected chi connectivity index (χ2v) is 3.75. The van der Waals surface area contributed by atoms with Crippen LogP contribution in [0.4, 0.5) is 0 Å². The van der Waals surface area contributed by atoms with E-state index in [0.29, 0.717) is 12.8 Å². The minimum Gasteiger partial charge on any atom is -0.396 e. The molecule has 0 saturated carbocycles. The third-order valence-electron chi connectivity index (χ3n) is 2.40. The highest BCUT2D eigenvalue weighted by atomic mass is 16.2. The van der Waals surface area contributed by atoms with Gasteiger partial charge in [-0.15, -0.1) is 0 Å². The van der Waals surface area contributed by atoms with Crippen molar-refractivity contribution < 1.29 is 9.90 Å². The van der Waals surface area contributed by atoms with Gasteiger partial charge in [-0.1, -0.05) is 0 Å². The van der Waals surface area contributed by atoms with E-state index in [1.165, 1.54) is 0 Å². The first-order valence-corrected chi connectivity index (χ1v) is 5.54. The molecule has 1 aromatic rings. The number of hydrogen-bond donors (Lipinski definition) is 2. The van der Waals surface area contributed by atoms with Crippen LogP contribution in [0.2, 0.25) is 0 Å². The molecule has 88 valence electrons. The van der Waals surface area contributed by atoms with E-state index in [4.69, 9.17) is 5.11 Å². The summed E-state index contributed by atoms with van der Waals surface area (Å²) < 4.78 is 0. The van der Waals surface area contributed by atoms with E-state index < -0.39 is 0 Å². The number of carbonyl (C=O) groups is 1. The van der Waals surface area contributed by atoms with Crippen LogP contribution >= 0.6 is 0 Å². The monoisotopic (exact) mass is 222 g/mol. The van der Waals surface area contributed by atoms with Gasteiger partial charge < -0.3 is 10.4 Å². The van der Waals surface area contributed by atoms with Crippen LogP contribution in [-0.2, 0) is 4.79 Å². The quantitative estimate of drug-likeness (QED) is 0.715. The van der Waals surface area contributed by atoms with Crippen LogP contribution in [0, 0.1) is 0 Å². The summed E-state index contributed by atoms with van der Waals surface area (Å²) in [4.78, 5) is 15.4. The fourth-order valence-corrected chi connectivity index (χ4v) is 1.45. The number of amides is 1. The maximum atomic E-state index is 11.5. The van der Waals surface area contributed by atoms with Crippen LogP contribution in [0.1, 0.15) is 37.8 Å². The molecule has 1 heterocycles. The van der Waals surface area contributed by atoms with Crippen molar-refractivity contribution in [3.05, 3.63) is 30.1 Å². The summed E-state index contributed by atoms with van der Waals surface area (Å²) >= 11 is 0. The molecule has 1 rings (SSSR count). The number of nitrogens with one attached hydrogen (secondary N) is 1. The summed E-state index contributed by atoms with van der Waals surface area (Å²) in [5.41, 5.74) is 1.05. The maximum Gasteiger partial charge on any atom is 0.220 e. The molecule has 0 aliphatic carbocycles. The van der Waals surface area contributed by atoms with E-state index in [-0.39, 0.29) is 18.6 Å². The number of hydrogen-bond acceptors (Lipinski definition) is 3. The van der Waals surface area contributed by atoms with Gasteiger partial charge in [0.05, 0.1) is 6.04 Å². The highest BCUT2D eigenvalue weighted by Gasteiger charge is 2.08. The molecule has 2 N–H and O–H groups in total. The summed E-state index contributed by atoms with van der Waals surface area (Å²) in [5, 5.41) is 11.5. The molecule has 0 bridgehead atoms. The van der Waals surface area contributed by atoms with Crippen LogP contribution in [0.3, 0.4) is 0 Å². The largest absolute Gasteiger partial charge is 0.396 e. The number of carbonyl (C=O) groups excluding carboxylic acids is 1. The Labute approximate surface area is 95.7 Å². The van der Waals surface area contributed by atoms with Crippen LogP contribution < -0.4 is 5.32 Å². The summed E-state index contributed by atoms with van der Waals surface area (Å²) in [6.45, 7) is 2.09. The summed E-state index contributed by atoms with van der Waals surface area (Å²) in [7, 11) is 0. The minimum absolute atomic E-state index is 0.00428. The Morgan fingerprint density at radius 1 is 1.44 bits per heavy atom. The molecule has 0 aliphatic rings. The Morgan fingerprint density at radius 3 is 2.75 bits per heavy atom. The molecule has 1 amide bonds. The number of pyridine rings is 1. The van der Waals surface area contributed by atoms with Crippen molar-refractivity contribution in [1.29, 1.82) is 0 Å². The van der Waals surface area contributed by atoms with Crippen LogP contribution in [0.25, 0.3) is 0 Å². The second-order valence-electron chi connectivity index (χ2n) is 3.75. The smallest absolute Gasteiger partial charge is 0.220 e. The molecule has 4 nitrogen and oxygen atoms in total. The zero-order valence-corrected chi connectivity index (χ0v) is 9.52. The maximum absolute atomic E-state index is 11.5. The van der Waals surface area contributed by atoms with E-state index in [0.717, 1.165) is 12.0 Å². The predicted molar refractivity (Wildman–Crippen MR) is 61.7 cm³/mol. The molecule has 16 heavy (non-hydrogen) atoms. The molecule has 4 heteroatoms. The Balaban J connectivity index is 2.34. The third kappa shape index (κ3) is 4.40. The first kappa shape index (κ1) is 12.6. The van der Waals surface area contributed by atoms with E-state index >= 15 is 0 Å². The highest BCUT2D eigenvalue weighted by Crippen LogP contribution is 2.10. The molecular weight excluding hydrogens is 204 g/mol. The first-order valence-electron chi connectivity index (χ1n) is 5.54. The average molecular weight is 222 g/mol. The molecule has 1 aromatic heterocycles. The Kier molecular flexibility index (Phi) is 5.50. The van der Waals surface area contributed by atoms with Crippen molar-refractivity contribution in [2.24, 2.45) is 0 Å². The number of unbranched alkanes of at least 4 members (excludes halogenated alkanes) is 1. The molecule has 0 spiro atoms. The molecule has 0 aliphatic heterocycles. The molecule has 0 aromatic carbocycles. The summed E-state index contributed by atoms with van der Waals surface area (Å²) in [6, 6.07) is 3.78. The molecule has 0 unspecified atom stereocenters. The van der Waals surface area contributed by atoms with E-state index in [1.54, 1.807) is 12.4 Å². The number of aliphatic hydroxyl groups excluding tert-OH is 1. The van der Waals surface area contributed by atoms with E-state index in [1.807, 2.05) is 19.1 Å². The van der Waals surface area contributed by atoms with Gasteiger partial charge >= 0.3 is 0 Å². The van der Waals surface area contributed by atoms with E-state index in [9.17, 15) is 4.79 Å². The minimum atomic E-state index is 0.00428. The highest BCUT2D eigenvalue weighted by molar-refractivity contribution is 5.76. The molecule has 0 saturated heterocycles. The van der Waals surface area contributed by atoms with Crippen molar-refractivity contribution in [2.75, 3.05) is 6.61 Å². The van der Waals surface area contributed by atoms with Crippen molar-refractivity contribution in [3.63, 3.8) is 0 Å². The Hall–Kier alpha value is -1.42. The van der Waals surface area contributed by atoms with Gasteiger partial charge in [-0.25, -0.2) is 0 Å². The number of aromatic nitrogens is 1. The zero-order chi connectivity index (χ0) is 11.8. The number of aliphatic hydroxyl groups is 1. The lowest BCUT2D eigenvalue weighted by Crippen LogP contribution is -2.26. The van der Waals surface area contributed by atoms with Crippen LogP contribution in [-0.4, -0.2) is 22.6 Å². The normalized spacial score (nSPS) is 12.1. The first-order chi connectivity index (χ1) is 7.74. The molecule has 0 radical (unpaired) electrons. The standard InChI is InChI=1S/C12H18N2O2/c1-10(11-5-7-13-8-6-11)14-12(16)4-2-3-9-15/h5-8,10,15H,2-4,9H2,1H3,(H,14,16)/t10-/m1/s1. The summed E-state index contributed by atoms with van der Waals surface area (Å²) in [5.74, 6) is 0.0257. The predicted octanol–water partition coefficient (Wildman–Crippen LogP) is 1.42. The van der Waals surface area contributed by atoms with E-state index in [2.05, 4.69) is 10.3 Å². The van der Waals surface area contributed by atoms with Crippen molar-refractivity contribution >= 4 is 5.91 Å². The molecule has 1 atom stereocenters. The van der Waals surface area contributed by atoms with Gasteiger partial charge in [-0.2, -0.15) is 0 Å². The van der Waals surface area contributed by atoms with Gasteiger partial charge in [0.2, 0.25) is 5.91 Å². The van der Waals surface area contributed by atoms with Gasteiger partial charge in [0, 0.05) is 25.4 Å². The second kappa shape index (κ2) is 6.95. The molecule has 0 fully saturated rings. The lowest BCUT2D eigenvalue weighted by atomic mass is 10.1. The van der Waals surface area contributed by atoms with Crippen LogP contribution in [0.5, 0.6) is 0 Å². The Morgan fingerprint density at radius 2 is 2.12 bits per heavy atom. The topological polar surface area (TPSA) is 62.2 Å². The number of nitrogens with zero attached hydrogens (tertiary/aromatic N) is 1.